The molecule has 6 heteroatoms. The van der Waals surface area contributed by atoms with Gasteiger partial charge in [-0.25, -0.2) is 4.98 Å². The summed E-state index contributed by atoms with van der Waals surface area (Å²) < 4.78 is 6.26. The van der Waals surface area contributed by atoms with Crippen LogP contribution in [0.2, 0.25) is 0 Å². The smallest absolute Gasteiger partial charge is 0.328 e. The number of esters is 1. The van der Waals surface area contributed by atoms with Gasteiger partial charge in [0.05, 0.1) is 15.8 Å². The number of hydrogen-bond donors (Lipinski definition) is 1. The Balaban J connectivity index is 1.62. The molecular weight excluding hydrogens is 324 g/mol. The number of nitrogens with one attached hydrogen (secondary N) is 1. The molecule has 0 saturated carbocycles. The minimum Gasteiger partial charge on any atom is -0.425 e. The maximum atomic E-state index is 12.6. The van der Waals surface area contributed by atoms with Crippen molar-refractivity contribution >= 4 is 38.4 Å². The van der Waals surface area contributed by atoms with Crippen molar-refractivity contribution < 1.29 is 14.3 Å². The van der Waals surface area contributed by atoms with Crippen LogP contribution < -0.4 is 10.1 Å². The first kappa shape index (κ1) is 14.6. The van der Waals surface area contributed by atoms with Crippen LogP contribution in [0.4, 0.5) is 5.13 Å². The van der Waals surface area contributed by atoms with Crippen LogP contribution in [0.25, 0.3) is 10.2 Å². The first-order valence-corrected chi connectivity index (χ1v) is 8.11. The molecule has 0 bridgehead atoms. The lowest BCUT2D eigenvalue weighted by atomic mass is 9.92. The minimum absolute atomic E-state index is 0.263. The summed E-state index contributed by atoms with van der Waals surface area (Å²) >= 11 is 1.43. The third kappa shape index (κ3) is 2.37. The molecule has 2 aromatic carbocycles. The van der Waals surface area contributed by atoms with Crippen molar-refractivity contribution in [3.05, 3.63) is 66.4 Å². The van der Waals surface area contributed by atoms with E-state index in [9.17, 15) is 9.59 Å². The molecule has 0 fully saturated rings. The van der Waals surface area contributed by atoms with Crippen molar-refractivity contribution in [1.29, 1.82) is 0 Å². The largest absolute Gasteiger partial charge is 0.425 e. The van der Waals surface area contributed by atoms with E-state index in [4.69, 9.17) is 4.74 Å². The summed E-state index contributed by atoms with van der Waals surface area (Å²) in [5, 5.41) is 3.57. The molecule has 5 nitrogen and oxygen atoms in total. The van der Waals surface area contributed by atoms with Gasteiger partial charge >= 0.3 is 5.97 Å². The number of nitrogens with zero attached hydrogens (tertiary/aromatic N) is 1. The third-order valence-corrected chi connectivity index (χ3v) is 4.72. The number of para-hydroxylation sites is 2. The molecule has 0 amide bonds. The Morgan fingerprint density at radius 2 is 1.88 bits per heavy atom. The predicted molar refractivity (Wildman–Crippen MR) is 92.3 cm³/mol. The molecule has 2 heterocycles. The summed E-state index contributed by atoms with van der Waals surface area (Å²) in [5.74, 6) is -1.73. The molecule has 1 N–H and O–H groups in total. The summed E-state index contributed by atoms with van der Waals surface area (Å²) in [4.78, 5) is 29.2. The standard InChI is InChI=1S/C18H12N2O3S/c1-10(19-18-20-12-7-3-5-9-14(12)24-18)15-16(21)11-6-2-4-8-13(11)23-17(15)22/h2-9,15H,1H2,(H,19,20)/t15-/m0/s1. The monoisotopic (exact) mass is 336 g/mol. The maximum Gasteiger partial charge on any atom is 0.328 e. The van der Waals surface area contributed by atoms with Crippen molar-refractivity contribution in [3.8, 4) is 5.75 Å². The Kier molecular flexibility index (Phi) is 3.39. The molecule has 4 rings (SSSR count). The van der Waals surface area contributed by atoms with Gasteiger partial charge in [-0.3, -0.25) is 9.59 Å². The first-order chi connectivity index (χ1) is 11.6. The van der Waals surface area contributed by atoms with E-state index in [0.717, 1.165) is 10.2 Å². The second-order valence-electron chi connectivity index (χ2n) is 5.35. The van der Waals surface area contributed by atoms with Crippen LogP contribution in [-0.2, 0) is 4.79 Å². The SMILES string of the molecule is C=C(Nc1nc2ccccc2s1)[C@@H]1C(=O)Oc2ccccc2C1=O. The average Bonchev–Trinajstić information content (AvgIpc) is 2.97. The van der Waals surface area contributed by atoms with Crippen LogP contribution in [0.15, 0.2) is 60.8 Å². The van der Waals surface area contributed by atoms with E-state index < -0.39 is 11.9 Å². The van der Waals surface area contributed by atoms with Gasteiger partial charge < -0.3 is 10.1 Å². The average molecular weight is 336 g/mol. The lowest BCUT2D eigenvalue weighted by Gasteiger charge is -2.23. The number of carbonyl (C=O) groups is 2. The molecule has 0 saturated heterocycles. The van der Waals surface area contributed by atoms with E-state index in [0.29, 0.717) is 10.7 Å². The molecule has 118 valence electrons. The van der Waals surface area contributed by atoms with Gasteiger partial charge in [-0.05, 0) is 24.3 Å². The number of fused-ring (bicyclic) bond motifs is 2. The molecule has 0 spiro atoms. The van der Waals surface area contributed by atoms with E-state index in [-0.39, 0.29) is 17.2 Å². The number of ketones is 1. The molecule has 0 aliphatic carbocycles. The van der Waals surface area contributed by atoms with Gasteiger partial charge in [0.25, 0.3) is 0 Å². The fourth-order valence-corrected chi connectivity index (χ4v) is 3.52. The summed E-state index contributed by atoms with van der Waals surface area (Å²) in [6, 6.07) is 14.4. The molecule has 3 aromatic rings. The number of anilines is 1. The molecule has 1 aliphatic rings. The molecule has 1 aromatic heterocycles. The quantitative estimate of drug-likeness (QED) is 0.449. The van der Waals surface area contributed by atoms with Gasteiger partial charge in [0.1, 0.15) is 5.75 Å². The van der Waals surface area contributed by atoms with Gasteiger partial charge in [0.2, 0.25) is 0 Å². The summed E-state index contributed by atoms with van der Waals surface area (Å²) in [7, 11) is 0. The highest BCUT2D eigenvalue weighted by molar-refractivity contribution is 7.22. The third-order valence-electron chi connectivity index (χ3n) is 3.77. The number of carbonyl (C=O) groups excluding carboxylic acids is 2. The molecular formula is C18H12N2O3S. The van der Waals surface area contributed by atoms with Crippen LogP contribution in [0.5, 0.6) is 5.75 Å². The summed E-state index contributed by atoms with van der Waals surface area (Å²) in [5.41, 5.74) is 1.49. The Bertz CT molecular complexity index is 960. The molecule has 0 radical (unpaired) electrons. The molecule has 0 unspecified atom stereocenters. The predicted octanol–water partition coefficient (Wildman–Crippen LogP) is 3.64. The van der Waals surface area contributed by atoms with Crippen LogP contribution in [0.3, 0.4) is 0 Å². The Morgan fingerprint density at radius 1 is 1.12 bits per heavy atom. The van der Waals surface area contributed by atoms with Crippen molar-refractivity contribution in [2.75, 3.05) is 5.32 Å². The van der Waals surface area contributed by atoms with E-state index in [2.05, 4.69) is 16.9 Å². The lowest BCUT2D eigenvalue weighted by Crippen LogP contribution is -2.36. The summed E-state index contributed by atoms with van der Waals surface area (Å²) in [6.07, 6.45) is 0. The maximum absolute atomic E-state index is 12.6. The normalized spacial score (nSPS) is 16.6. The second kappa shape index (κ2) is 5.58. The fourth-order valence-electron chi connectivity index (χ4n) is 2.62. The number of hydrogen-bond acceptors (Lipinski definition) is 6. The topological polar surface area (TPSA) is 68.3 Å². The number of aromatic nitrogens is 1. The Morgan fingerprint density at radius 3 is 2.71 bits per heavy atom. The fraction of sp³-hybridized carbons (Fsp3) is 0.0556. The number of Topliss-reactive ketones (excluding diaryl/α,β-unsaturated/α-hetero) is 1. The Labute approximate surface area is 141 Å². The van der Waals surface area contributed by atoms with Gasteiger partial charge in [0.15, 0.2) is 16.8 Å². The number of ether oxygens (including phenoxy) is 1. The van der Waals surface area contributed by atoms with E-state index >= 15 is 0 Å². The number of rotatable bonds is 3. The van der Waals surface area contributed by atoms with Gasteiger partial charge in [0, 0.05) is 5.70 Å². The highest BCUT2D eigenvalue weighted by atomic mass is 32.1. The van der Waals surface area contributed by atoms with Crippen LogP contribution in [-0.4, -0.2) is 16.7 Å². The van der Waals surface area contributed by atoms with Crippen molar-refractivity contribution in [2.24, 2.45) is 5.92 Å². The molecule has 1 aliphatic heterocycles. The van der Waals surface area contributed by atoms with Crippen molar-refractivity contribution in [1.82, 2.24) is 4.98 Å². The molecule has 24 heavy (non-hydrogen) atoms. The van der Waals surface area contributed by atoms with E-state index in [1.165, 1.54) is 11.3 Å². The van der Waals surface area contributed by atoms with Crippen LogP contribution >= 0.6 is 11.3 Å². The van der Waals surface area contributed by atoms with Crippen molar-refractivity contribution in [3.63, 3.8) is 0 Å². The van der Waals surface area contributed by atoms with Gasteiger partial charge in [-0.2, -0.15) is 0 Å². The summed E-state index contributed by atoms with van der Waals surface area (Å²) in [6.45, 7) is 3.85. The van der Waals surface area contributed by atoms with E-state index in [1.807, 2.05) is 24.3 Å². The zero-order chi connectivity index (χ0) is 16.7. The van der Waals surface area contributed by atoms with Crippen molar-refractivity contribution in [2.45, 2.75) is 0 Å². The lowest BCUT2D eigenvalue weighted by molar-refractivity contribution is -0.136. The highest BCUT2D eigenvalue weighted by Gasteiger charge is 2.38. The first-order valence-electron chi connectivity index (χ1n) is 7.30. The van der Waals surface area contributed by atoms with E-state index in [1.54, 1.807) is 24.3 Å². The van der Waals surface area contributed by atoms with Gasteiger partial charge in [-0.15, -0.1) is 0 Å². The Hall–Kier alpha value is -2.99. The van der Waals surface area contributed by atoms with Crippen LogP contribution in [0.1, 0.15) is 10.4 Å². The zero-order valence-corrected chi connectivity index (χ0v) is 13.3. The van der Waals surface area contributed by atoms with Gasteiger partial charge in [-0.1, -0.05) is 42.2 Å². The number of thiazole rings is 1. The highest BCUT2D eigenvalue weighted by Crippen LogP contribution is 2.32. The second-order valence-corrected chi connectivity index (χ2v) is 6.38. The minimum atomic E-state index is -1.08. The number of benzene rings is 2. The van der Waals surface area contributed by atoms with Crippen LogP contribution in [0, 0.1) is 5.92 Å². The molecule has 1 atom stereocenters. The zero-order valence-electron chi connectivity index (χ0n) is 12.5.